The van der Waals surface area contributed by atoms with Crippen LogP contribution in [0.3, 0.4) is 0 Å². The highest BCUT2D eigenvalue weighted by Crippen LogP contribution is 2.28. The van der Waals surface area contributed by atoms with Gasteiger partial charge in [0.25, 0.3) is 0 Å². The maximum atomic E-state index is 12.0. The SMILES string of the molecule is Cc1nnc2ccc(-c3ccc(NC(=O)C4CCC4)cc3)nn12. The van der Waals surface area contributed by atoms with Crippen LogP contribution in [0.15, 0.2) is 36.4 Å². The summed E-state index contributed by atoms with van der Waals surface area (Å²) in [5.41, 5.74) is 3.39. The molecule has 1 N–H and O–H groups in total. The first-order chi connectivity index (χ1) is 11.2. The summed E-state index contributed by atoms with van der Waals surface area (Å²) in [4.78, 5) is 12.0. The summed E-state index contributed by atoms with van der Waals surface area (Å²) in [6.07, 6.45) is 3.17. The number of hydrogen-bond acceptors (Lipinski definition) is 4. The Labute approximate surface area is 133 Å². The van der Waals surface area contributed by atoms with Crippen LogP contribution >= 0.6 is 0 Å². The zero-order chi connectivity index (χ0) is 15.8. The molecule has 1 saturated carbocycles. The van der Waals surface area contributed by atoms with Gasteiger partial charge in [-0.1, -0.05) is 18.6 Å². The molecule has 23 heavy (non-hydrogen) atoms. The van der Waals surface area contributed by atoms with Gasteiger partial charge >= 0.3 is 0 Å². The second kappa shape index (κ2) is 5.46. The number of hydrogen-bond donors (Lipinski definition) is 1. The summed E-state index contributed by atoms with van der Waals surface area (Å²) in [7, 11) is 0. The van der Waals surface area contributed by atoms with E-state index >= 15 is 0 Å². The number of amides is 1. The maximum Gasteiger partial charge on any atom is 0.227 e. The van der Waals surface area contributed by atoms with Crippen molar-refractivity contribution in [2.75, 3.05) is 5.32 Å². The first kappa shape index (κ1) is 13.9. The molecule has 116 valence electrons. The minimum atomic E-state index is 0.128. The Morgan fingerprint density at radius 3 is 2.61 bits per heavy atom. The van der Waals surface area contributed by atoms with Crippen molar-refractivity contribution in [1.29, 1.82) is 0 Å². The molecule has 0 aliphatic heterocycles. The second-order valence-electron chi connectivity index (χ2n) is 5.93. The fourth-order valence-corrected chi connectivity index (χ4v) is 2.69. The van der Waals surface area contributed by atoms with Crippen LogP contribution in [0, 0.1) is 12.8 Å². The van der Waals surface area contributed by atoms with Gasteiger partial charge < -0.3 is 5.32 Å². The van der Waals surface area contributed by atoms with Crippen molar-refractivity contribution < 1.29 is 4.79 Å². The van der Waals surface area contributed by atoms with Crippen molar-refractivity contribution in [3.63, 3.8) is 0 Å². The minimum absolute atomic E-state index is 0.128. The standard InChI is InChI=1S/C17H17N5O/c1-11-19-20-16-10-9-15(21-22(11)16)12-5-7-14(8-6-12)18-17(23)13-3-2-4-13/h5-10,13H,2-4H2,1H3,(H,18,23). The van der Waals surface area contributed by atoms with Gasteiger partial charge in [0.1, 0.15) is 0 Å². The van der Waals surface area contributed by atoms with E-state index in [2.05, 4.69) is 20.6 Å². The molecule has 2 heterocycles. The number of aromatic nitrogens is 4. The summed E-state index contributed by atoms with van der Waals surface area (Å²) in [6.45, 7) is 1.87. The molecule has 1 aliphatic rings. The predicted octanol–water partition coefficient (Wildman–Crippen LogP) is 2.84. The normalized spacial score (nSPS) is 14.7. The number of fused-ring (bicyclic) bond motifs is 1. The molecule has 0 radical (unpaired) electrons. The lowest BCUT2D eigenvalue weighted by Crippen LogP contribution is -2.27. The zero-order valence-corrected chi connectivity index (χ0v) is 12.9. The molecule has 0 unspecified atom stereocenters. The Balaban J connectivity index is 1.56. The third-order valence-electron chi connectivity index (χ3n) is 4.34. The summed E-state index contributed by atoms with van der Waals surface area (Å²) in [5, 5.41) is 15.6. The fourth-order valence-electron chi connectivity index (χ4n) is 2.69. The number of rotatable bonds is 3. The Kier molecular flexibility index (Phi) is 3.29. The molecule has 0 atom stereocenters. The first-order valence-corrected chi connectivity index (χ1v) is 7.81. The number of benzene rings is 1. The number of carbonyl (C=O) groups is 1. The third-order valence-corrected chi connectivity index (χ3v) is 4.34. The van der Waals surface area contributed by atoms with Crippen molar-refractivity contribution in [3.8, 4) is 11.3 Å². The Bertz CT molecular complexity index is 864. The largest absolute Gasteiger partial charge is 0.326 e. The van der Waals surface area contributed by atoms with Crippen LogP contribution < -0.4 is 5.32 Å². The summed E-state index contributed by atoms with van der Waals surface area (Å²) in [6, 6.07) is 11.6. The Morgan fingerprint density at radius 1 is 1.13 bits per heavy atom. The van der Waals surface area contributed by atoms with E-state index in [-0.39, 0.29) is 11.8 Å². The number of nitrogens with one attached hydrogen (secondary N) is 1. The van der Waals surface area contributed by atoms with Crippen molar-refractivity contribution in [2.24, 2.45) is 5.92 Å². The maximum absolute atomic E-state index is 12.0. The van der Waals surface area contributed by atoms with Gasteiger partial charge in [-0.05, 0) is 44.0 Å². The van der Waals surface area contributed by atoms with E-state index in [4.69, 9.17) is 0 Å². The van der Waals surface area contributed by atoms with Gasteiger partial charge in [0.15, 0.2) is 11.5 Å². The highest BCUT2D eigenvalue weighted by molar-refractivity contribution is 5.93. The lowest BCUT2D eigenvalue weighted by atomic mass is 9.85. The van der Waals surface area contributed by atoms with E-state index in [1.807, 2.05) is 43.3 Å². The number of carbonyl (C=O) groups excluding carboxylic acids is 1. The van der Waals surface area contributed by atoms with Crippen LogP contribution in [-0.2, 0) is 4.79 Å². The summed E-state index contributed by atoms with van der Waals surface area (Å²) >= 11 is 0. The highest BCUT2D eigenvalue weighted by Gasteiger charge is 2.25. The van der Waals surface area contributed by atoms with Gasteiger partial charge in [-0.3, -0.25) is 4.79 Å². The quantitative estimate of drug-likeness (QED) is 0.807. The molecule has 1 aromatic carbocycles. The Hall–Kier alpha value is -2.76. The van der Waals surface area contributed by atoms with E-state index in [9.17, 15) is 4.79 Å². The molecular weight excluding hydrogens is 290 g/mol. The van der Waals surface area contributed by atoms with E-state index in [0.29, 0.717) is 0 Å². The fraction of sp³-hybridized carbons (Fsp3) is 0.294. The van der Waals surface area contributed by atoms with E-state index in [1.54, 1.807) is 4.52 Å². The number of anilines is 1. The van der Waals surface area contributed by atoms with Gasteiger partial charge in [-0.15, -0.1) is 10.2 Å². The molecule has 6 nitrogen and oxygen atoms in total. The smallest absolute Gasteiger partial charge is 0.227 e. The van der Waals surface area contributed by atoms with Gasteiger partial charge in [0.05, 0.1) is 5.69 Å². The topological polar surface area (TPSA) is 72.2 Å². The van der Waals surface area contributed by atoms with Gasteiger partial charge in [0, 0.05) is 17.2 Å². The van der Waals surface area contributed by atoms with Crippen LogP contribution in [0.4, 0.5) is 5.69 Å². The minimum Gasteiger partial charge on any atom is -0.326 e. The average molecular weight is 307 g/mol. The van der Waals surface area contributed by atoms with Gasteiger partial charge in [-0.2, -0.15) is 9.61 Å². The molecule has 0 saturated heterocycles. The van der Waals surface area contributed by atoms with Crippen molar-refractivity contribution in [1.82, 2.24) is 19.8 Å². The van der Waals surface area contributed by atoms with Crippen LogP contribution in [0.2, 0.25) is 0 Å². The zero-order valence-electron chi connectivity index (χ0n) is 12.9. The number of aryl methyl sites for hydroxylation is 1. The lowest BCUT2D eigenvalue weighted by molar-refractivity contribution is -0.122. The number of nitrogens with zero attached hydrogens (tertiary/aromatic N) is 4. The van der Waals surface area contributed by atoms with E-state index in [0.717, 1.165) is 47.7 Å². The lowest BCUT2D eigenvalue weighted by Gasteiger charge is -2.24. The van der Waals surface area contributed by atoms with Crippen LogP contribution in [0.5, 0.6) is 0 Å². The first-order valence-electron chi connectivity index (χ1n) is 7.81. The molecule has 0 bridgehead atoms. The monoisotopic (exact) mass is 307 g/mol. The van der Waals surface area contributed by atoms with Crippen LogP contribution in [0.25, 0.3) is 16.9 Å². The summed E-state index contributed by atoms with van der Waals surface area (Å²) < 4.78 is 1.72. The molecule has 4 rings (SSSR count). The highest BCUT2D eigenvalue weighted by atomic mass is 16.1. The molecule has 2 aromatic heterocycles. The van der Waals surface area contributed by atoms with E-state index < -0.39 is 0 Å². The van der Waals surface area contributed by atoms with Crippen molar-refractivity contribution in [3.05, 3.63) is 42.2 Å². The van der Waals surface area contributed by atoms with Gasteiger partial charge in [0.2, 0.25) is 5.91 Å². The Morgan fingerprint density at radius 2 is 1.91 bits per heavy atom. The van der Waals surface area contributed by atoms with Crippen molar-refractivity contribution in [2.45, 2.75) is 26.2 Å². The van der Waals surface area contributed by atoms with Crippen LogP contribution in [0.1, 0.15) is 25.1 Å². The van der Waals surface area contributed by atoms with E-state index in [1.165, 1.54) is 0 Å². The molecule has 6 heteroatoms. The summed E-state index contributed by atoms with van der Waals surface area (Å²) in [5.74, 6) is 1.07. The van der Waals surface area contributed by atoms with Crippen molar-refractivity contribution >= 4 is 17.2 Å². The molecule has 0 spiro atoms. The molecule has 1 fully saturated rings. The molecular formula is C17H17N5O. The molecule has 3 aromatic rings. The average Bonchev–Trinajstić information content (AvgIpc) is 2.87. The van der Waals surface area contributed by atoms with Crippen LogP contribution in [-0.4, -0.2) is 25.7 Å². The second-order valence-corrected chi connectivity index (χ2v) is 5.93. The third kappa shape index (κ3) is 2.56. The van der Waals surface area contributed by atoms with Gasteiger partial charge in [-0.25, -0.2) is 0 Å². The molecule has 1 aliphatic carbocycles. The predicted molar refractivity (Wildman–Crippen MR) is 86.9 cm³/mol. The molecule has 1 amide bonds.